The molecule has 6 heteroatoms. The molecule has 0 radical (unpaired) electrons. The normalized spacial score (nSPS) is 10.1. The predicted octanol–water partition coefficient (Wildman–Crippen LogP) is 4.14. The molecule has 0 heterocycles. The quantitative estimate of drug-likeness (QED) is 0.842. The molecule has 0 bridgehead atoms. The Balaban J connectivity index is 2.00. The van der Waals surface area contributed by atoms with Gasteiger partial charge in [-0.05, 0) is 36.0 Å². The lowest BCUT2D eigenvalue weighted by molar-refractivity contribution is 0.0973. The summed E-state index contributed by atoms with van der Waals surface area (Å²) in [6, 6.07) is 14.5. The molecule has 114 valence electrons. The third-order valence-electron chi connectivity index (χ3n) is 2.95. The number of thiocarbonyl (C=S) groups is 1. The monoisotopic (exact) mass is 352 g/mol. The van der Waals surface area contributed by atoms with Crippen molar-refractivity contribution in [3.05, 3.63) is 69.7 Å². The summed E-state index contributed by atoms with van der Waals surface area (Å²) in [6.07, 6.45) is 0. The van der Waals surface area contributed by atoms with E-state index in [2.05, 4.69) is 5.32 Å². The molecule has 0 atom stereocenters. The second kappa shape index (κ2) is 7.58. The van der Waals surface area contributed by atoms with Gasteiger partial charge in [-0.1, -0.05) is 53.5 Å². The van der Waals surface area contributed by atoms with Gasteiger partial charge in [-0.15, -0.1) is 0 Å². The van der Waals surface area contributed by atoms with Crippen LogP contribution in [-0.4, -0.2) is 23.0 Å². The van der Waals surface area contributed by atoms with Gasteiger partial charge in [0.05, 0.1) is 0 Å². The molecule has 2 aromatic carbocycles. The summed E-state index contributed by atoms with van der Waals surface area (Å²) in [5.41, 5.74) is 1.47. The zero-order chi connectivity index (χ0) is 16.1. The van der Waals surface area contributed by atoms with Crippen LogP contribution in [-0.2, 0) is 6.54 Å². The van der Waals surface area contributed by atoms with Crippen molar-refractivity contribution in [1.29, 1.82) is 0 Å². The van der Waals surface area contributed by atoms with E-state index in [4.69, 9.17) is 35.4 Å². The van der Waals surface area contributed by atoms with Gasteiger partial charge in [0.15, 0.2) is 5.11 Å². The topological polar surface area (TPSA) is 32.3 Å². The van der Waals surface area contributed by atoms with E-state index in [1.807, 2.05) is 37.4 Å². The Bertz CT molecular complexity index is 672. The fraction of sp³-hybridized carbons (Fsp3) is 0.125. The average Bonchev–Trinajstić information content (AvgIpc) is 2.47. The average molecular weight is 353 g/mol. The van der Waals surface area contributed by atoms with Gasteiger partial charge in [0, 0.05) is 29.2 Å². The highest BCUT2D eigenvalue weighted by Crippen LogP contribution is 2.19. The summed E-state index contributed by atoms with van der Waals surface area (Å²) in [5, 5.41) is 3.82. The number of benzene rings is 2. The van der Waals surface area contributed by atoms with Crippen molar-refractivity contribution in [3.8, 4) is 0 Å². The summed E-state index contributed by atoms with van der Waals surface area (Å²) in [5.74, 6) is -0.339. The molecule has 0 fully saturated rings. The van der Waals surface area contributed by atoms with Gasteiger partial charge < -0.3 is 4.90 Å². The van der Waals surface area contributed by atoms with Crippen molar-refractivity contribution in [1.82, 2.24) is 10.2 Å². The molecular formula is C16H14Cl2N2OS. The first-order chi connectivity index (χ1) is 10.5. The summed E-state index contributed by atoms with van der Waals surface area (Å²) in [4.78, 5) is 14.0. The van der Waals surface area contributed by atoms with E-state index in [0.29, 0.717) is 27.3 Å². The van der Waals surface area contributed by atoms with Crippen LogP contribution in [0, 0.1) is 0 Å². The van der Waals surface area contributed by atoms with Crippen molar-refractivity contribution in [2.75, 3.05) is 7.05 Å². The minimum absolute atomic E-state index is 0.338. The highest BCUT2D eigenvalue weighted by Gasteiger charge is 2.12. The Hall–Kier alpha value is -1.62. The first-order valence-electron chi connectivity index (χ1n) is 6.52. The Labute approximate surface area is 144 Å². The lowest BCUT2D eigenvalue weighted by Crippen LogP contribution is -2.40. The largest absolute Gasteiger partial charge is 0.348 e. The number of carbonyl (C=O) groups excluding carboxylic acids is 1. The van der Waals surface area contributed by atoms with E-state index in [-0.39, 0.29) is 5.91 Å². The summed E-state index contributed by atoms with van der Waals surface area (Å²) in [7, 11) is 1.82. The molecule has 3 nitrogen and oxygen atoms in total. The standard InChI is InChI=1S/C16H14Cl2N2OS/c1-20(10-11-5-3-2-4-6-11)16(22)19-15(21)12-7-13(17)9-14(18)8-12/h2-9H,10H2,1H3,(H,19,21,22). The smallest absolute Gasteiger partial charge is 0.257 e. The van der Waals surface area contributed by atoms with Crippen LogP contribution in [0.1, 0.15) is 15.9 Å². The summed E-state index contributed by atoms with van der Waals surface area (Å²) in [6.45, 7) is 0.607. The number of hydrogen-bond acceptors (Lipinski definition) is 2. The fourth-order valence-corrected chi connectivity index (χ4v) is 2.56. The van der Waals surface area contributed by atoms with Gasteiger partial charge in [-0.3, -0.25) is 10.1 Å². The predicted molar refractivity (Wildman–Crippen MR) is 94.4 cm³/mol. The van der Waals surface area contributed by atoms with Gasteiger partial charge in [0.25, 0.3) is 5.91 Å². The lowest BCUT2D eigenvalue weighted by atomic mass is 10.2. The highest BCUT2D eigenvalue weighted by atomic mass is 35.5. The molecule has 0 saturated carbocycles. The molecule has 0 aliphatic carbocycles. The van der Waals surface area contributed by atoms with Crippen LogP contribution in [0.4, 0.5) is 0 Å². The molecule has 0 aromatic heterocycles. The van der Waals surface area contributed by atoms with E-state index in [1.54, 1.807) is 23.1 Å². The highest BCUT2D eigenvalue weighted by molar-refractivity contribution is 7.80. The minimum Gasteiger partial charge on any atom is -0.348 e. The molecule has 22 heavy (non-hydrogen) atoms. The number of halogens is 2. The number of hydrogen-bond donors (Lipinski definition) is 1. The minimum atomic E-state index is -0.339. The summed E-state index contributed by atoms with van der Waals surface area (Å²) >= 11 is 17.0. The Kier molecular flexibility index (Phi) is 5.77. The third kappa shape index (κ3) is 4.70. The SMILES string of the molecule is CN(Cc1ccccc1)C(=S)NC(=O)c1cc(Cl)cc(Cl)c1. The molecule has 0 saturated heterocycles. The van der Waals surface area contributed by atoms with Crippen molar-refractivity contribution < 1.29 is 4.79 Å². The molecule has 2 aromatic rings. The number of carbonyl (C=O) groups is 1. The zero-order valence-corrected chi connectivity index (χ0v) is 14.2. The molecule has 1 amide bonds. The van der Waals surface area contributed by atoms with Crippen LogP contribution in [0.2, 0.25) is 10.0 Å². The van der Waals surface area contributed by atoms with E-state index in [0.717, 1.165) is 5.56 Å². The van der Waals surface area contributed by atoms with Crippen molar-refractivity contribution >= 4 is 46.4 Å². The Morgan fingerprint density at radius 2 is 1.73 bits per heavy atom. The van der Waals surface area contributed by atoms with Crippen molar-refractivity contribution in [3.63, 3.8) is 0 Å². The van der Waals surface area contributed by atoms with Crippen LogP contribution in [0.15, 0.2) is 48.5 Å². The second-order valence-corrected chi connectivity index (χ2v) is 6.02. The van der Waals surface area contributed by atoms with Gasteiger partial charge in [0.1, 0.15) is 0 Å². The van der Waals surface area contributed by atoms with Gasteiger partial charge in [-0.25, -0.2) is 0 Å². The molecule has 0 spiro atoms. The summed E-state index contributed by atoms with van der Waals surface area (Å²) < 4.78 is 0. The molecule has 2 rings (SSSR count). The van der Waals surface area contributed by atoms with Gasteiger partial charge in [-0.2, -0.15) is 0 Å². The maximum absolute atomic E-state index is 12.2. The maximum Gasteiger partial charge on any atom is 0.257 e. The van der Waals surface area contributed by atoms with Crippen LogP contribution in [0.3, 0.4) is 0 Å². The van der Waals surface area contributed by atoms with E-state index < -0.39 is 0 Å². The van der Waals surface area contributed by atoms with E-state index in [1.165, 1.54) is 0 Å². The number of amides is 1. The maximum atomic E-state index is 12.2. The lowest BCUT2D eigenvalue weighted by Gasteiger charge is -2.20. The first kappa shape index (κ1) is 16.7. The fourth-order valence-electron chi connectivity index (χ4n) is 1.88. The molecule has 1 N–H and O–H groups in total. The number of rotatable bonds is 3. The Morgan fingerprint density at radius 1 is 1.14 bits per heavy atom. The van der Waals surface area contributed by atoms with E-state index >= 15 is 0 Å². The van der Waals surface area contributed by atoms with Gasteiger partial charge in [0.2, 0.25) is 0 Å². The van der Waals surface area contributed by atoms with Crippen molar-refractivity contribution in [2.24, 2.45) is 0 Å². The zero-order valence-electron chi connectivity index (χ0n) is 11.8. The Morgan fingerprint density at radius 3 is 2.32 bits per heavy atom. The van der Waals surface area contributed by atoms with E-state index in [9.17, 15) is 4.79 Å². The van der Waals surface area contributed by atoms with Crippen LogP contribution in [0.25, 0.3) is 0 Å². The second-order valence-electron chi connectivity index (χ2n) is 4.76. The third-order valence-corrected chi connectivity index (χ3v) is 3.80. The molecule has 0 aliphatic heterocycles. The molecular weight excluding hydrogens is 339 g/mol. The molecule has 0 unspecified atom stereocenters. The number of nitrogens with one attached hydrogen (secondary N) is 1. The number of nitrogens with zero attached hydrogens (tertiary/aromatic N) is 1. The first-order valence-corrected chi connectivity index (χ1v) is 7.68. The van der Waals surface area contributed by atoms with Crippen LogP contribution in [0.5, 0.6) is 0 Å². The van der Waals surface area contributed by atoms with Crippen molar-refractivity contribution in [2.45, 2.75) is 6.54 Å². The van der Waals surface area contributed by atoms with Crippen LogP contribution < -0.4 is 5.32 Å². The van der Waals surface area contributed by atoms with Crippen LogP contribution >= 0.6 is 35.4 Å². The van der Waals surface area contributed by atoms with Gasteiger partial charge >= 0.3 is 0 Å². The molecule has 0 aliphatic rings.